The lowest BCUT2D eigenvalue weighted by Crippen LogP contribution is -2.52. The fraction of sp³-hybridized carbons (Fsp3) is 0.385. The van der Waals surface area contributed by atoms with Crippen LogP contribution in [-0.2, 0) is 16.9 Å². The summed E-state index contributed by atoms with van der Waals surface area (Å²) in [5.74, 6) is -1.14. The maximum Gasteiger partial charge on any atom is 0.322 e. The molecule has 2 N–H and O–H groups in total. The average Bonchev–Trinajstić information content (AvgIpc) is 3.49. The van der Waals surface area contributed by atoms with E-state index < -0.39 is 29.2 Å². The van der Waals surface area contributed by atoms with E-state index in [4.69, 9.17) is 14.1 Å². The van der Waals surface area contributed by atoms with Crippen LogP contribution in [0.25, 0.3) is 11.1 Å². The first-order chi connectivity index (χ1) is 18.3. The number of urea groups is 1. The van der Waals surface area contributed by atoms with Crippen LogP contribution in [0.2, 0.25) is 0 Å². The molecule has 0 spiro atoms. The van der Waals surface area contributed by atoms with Gasteiger partial charge in [0.25, 0.3) is 11.8 Å². The summed E-state index contributed by atoms with van der Waals surface area (Å²) in [6, 6.07) is 7.63. The standard InChI is InChI=1S/C26H27FN6O5/c1-31-8-3-9-32(11-10-31)20-7-6-17-16(28-20)12-19(38-17)26(24(35)29-25(36)30-26)14-33-13-15-4-5-18(37-2)22(27)21(15)23(33)34/h4-7,12H,3,8-11,13-14H2,1-2H3,(H2,29,30,35,36). The fourth-order valence-corrected chi connectivity index (χ4v) is 5.40. The molecule has 3 aliphatic heterocycles. The molecule has 1 atom stereocenters. The normalized spacial score (nSPS) is 22.0. The number of rotatable bonds is 5. The van der Waals surface area contributed by atoms with Crippen molar-refractivity contribution >= 4 is 34.8 Å². The van der Waals surface area contributed by atoms with Crippen LogP contribution < -0.4 is 20.3 Å². The number of carbonyl (C=O) groups excluding carboxylic acids is 3. The van der Waals surface area contributed by atoms with Crippen LogP contribution in [-0.4, -0.2) is 79.5 Å². The fourth-order valence-electron chi connectivity index (χ4n) is 5.40. The number of halogens is 1. The highest BCUT2D eigenvalue weighted by atomic mass is 19.1. The first-order valence-corrected chi connectivity index (χ1v) is 12.4. The second-order valence-corrected chi connectivity index (χ2v) is 9.90. The smallest absolute Gasteiger partial charge is 0.322 e. The molecule has 3 aliphatic rings. The van der Waals surface area contributed by atoms with Crippen LogP contribution in [0.1, 0.15) is 28.1 Å². The number of hydrogen-bond donors (Lipinski definition) is 2. The van der Waals surface area contributed by atoms with Gasteiger partial charge in [0.05, 0.1) is 19.2 Å². The number of anilines is 1. The average molecular weight is 523 g/mol. The number of aromatic nitrogens is 1. The van der Waals surface area contributed by atoms with Gasteiger partial charge in [-0.15, -0.1) is 0 Å². The van der Waals surface area contributed by atoms with E-state index in [0.717, 1.165) is 38.4 Å². The molecular weight excluding hydrogens is 495 g/mol. The van der Waals surface area contributed by atoms with Crippen molar-refractivity contribution in [3.05, 3.63) is 53.0 Å². The largest absolute Gasteiger partial charge is 0.494 e. The van der Waals surface area contributed by atoms with E-state index in [2.05, 4.69) is 27.5 Å². The maximum atomic E-state index is 14.9. The van der Waals surface area contributed by atoms with Crippen molar-refractivity contribution in [2.24, 2.45) is 0 Å². The molecule has 198 valence electrons. The Morgan fingerprint density at radius 1 is 1.13 bits per heavy atom. The molecular formula is C26H27FN6O5. The van der Waals surface area contributed by atoms with Crippen molar-refractivity contribution in [2.75, 3.05) is 51.8 Å². The van der Waals surface area contributed by atoms with Crippen molar-refractivity contribution in [2.45, 2.75) is 18.5 Å². The summed E-state index contributed by atoms with van der Waals surface area (Å²) in [4.78, 5) is 49.3. The predicted octanol–water partition coefficient (Wildman–Crippen LogP) is 1.81. The molecule has 0 radical (unpaired) electrons. The van der Waals surface area contributed by atoms with Crippen LogP contribution in [0.15, 0.2) is 34.7 Å². The van der Waals surface area contributed by atoms with E-state index in [9.17, 15) is 18.8 Å². The third kappa shape index (κ3) is 3.83. The van der Waals surface area contributed by atoms with Crippen LogP contribution in [0.4, 0.5) is 15.0 Å². The van der Waals surface area contributed by atoms with Gasteiger partial charge in [0.1, 0.15) is 17.1 Å². The summed E-state index contributed by atoms with van der Waals surface area (Å²) < 4.78 is 25.9. The van der Waals surface area contributed by atoms with Gasteiger partial charge in [-0.2, -0.15) is 0 Å². The number of methoxy groups -OCH3 is 1. The van der Waals surface area contributed by atoms with Gasteiger partial charge in [0, 0.05) is 32.2 Å². The SMILES string of the molecule is COc1ccc2c(c1F)C(=O)N(CC1(c3cc4nc(N5CCCN(C)CC5)ccc4o3)NC(=O)NC1=O)C2. The van der Waals surface area contributed by atoms with Gasteiger partial charge in [-0.05, 0) is 43.8 Å². The van der Waals surface area contributed by atoms with Crippen LogP contribution in [0, 0.1) is 5.82 Å². The minimum atomic E-state index is -1.71. The Bertz CT molecular complexity index is 1470. The van der Waals surface area contributed by atoms with Gasteiger partial charge >= 0.3 is 6.03 Å². The third-order valence-corrected chi connectivity index (χ3v) is 7.47. The van der Waals surface area contributed by atoms with Crippen LogP contribution in [0.3, 0.4) is 0 Å². The van der Waals surface area contributed by atoms with Gasteiger partial charge in [-0.1, -0.05) is 6.07 Å². The van der Waals surface area contributed by atoms with Gasteiger partial charge in [-0.3, -0.25) is 14.9 Å². The Morgan fingerprint density at radius 2 is 1.97 bits per heavy atom. The molecule has 2 fully saturated rings. The third-order valence-electron chi connectivity index (χ3n) is 7.47. The Hall–Kier alpha value is -4.19. The highest BCUT2D eigenvalue weighted by Gasteiger charge is 2.53. The molecule has 11 nitrogen and oxygen atoms in total. The first-order valence-electron chi connectivity index (χ1n) is 12.4. The van der Waals surface area contributed by atoms with Crippen molar-refractivity contribution in [1.29, 1.82) is 0 Å². The van der Waals surface area contributed by atoms with Crippen molar-refractivity contribution in [3.8, 4) is 5.75 Å². The maximum absolute atomic E-state index is 14.9. The van der Waals surface area contributed by atoms with Gasteiger partial charge in [0.15, 0.2) is 22.7 Å². The molecule has 38 heavy (non-hydrogen) atoms. The number of nitrogens with zero attached hydrogens (tertiary/aromatic N) is 4. The number of pyridine rings is 1. The monoisotopic (exact) mass is 522 g/mol. The Morgan fingerprint density at radius 3 is 2.74 bits per heavy atom. The van der Waals surface area contributed by atoms with E-state index in [-0.39, 0.29) is 30.2 Å². The summed E-state index contributed by atoms with van der Waals surface area (Å²) in [6.45, 7) is 3.44. The molecule has 4 amide bonds. The molecule has 0 bridgehead atoms. The number of amides is 4. The molecule has 2 saturated heterocycles. The number of imide groups is 1. The summed E-state index contributed by atoms with van der Waals surface area (Å²) in [7, 11) is 3.42. The summed E-state index contributed by atoms with van der Waals surface area (Å²) in [6.07, 6.45) is 1.01. The number of ether oxygens (including phenoxy) is 1. The number of fused-ring (bicyclic) bond motifs is 2. The van der Waals surface area contributed by atoms with E-state index in [0.29, 0.717) is 16.7 Å². The number of likely N-dealkylation sites (N-methyl/N-ethyl adjacent to an activating group) is 1. The topological polar surface area (TPSA) is 120 Å². The van der Waals surface area contributed by atoms with E-state index >= 15 is 0 Å². The molecule has 12 heteroatoms. The number of carbonyl (C=O) groups is 3. The lowest BCUT2D eigenvalue weighted by molar-refractivity contribution is -0.125. The van der Waals surface area contributed by atoms with Gasteiger partial charge < -0.3 is 29.2 Å². The van der Waals surface area contributed by atoms with Crippen LogP contribution in [0.5, 0.6) is 5.75 Å². The summed E-state index contributed by atoms with van der Waals surface area (Å²) in [5, 5.41) is 4.90. The molecule has 0 saturated carbocycles. The predicted molar refractivity (Wildman–Crippen MR) is 134 cm³/mol. The summed E-state index contributed by atoms with van der Waals surface area (Å²) >= 11 is 0. The van der Waals surface area contributed by atoms with Crippen LogP contribution >= 0.6 is 0 Å². The molecule has 0 aliphatic carbocycles. The molecule has 2 aromatic heterocycles. The zero-order valence-electron chi connectivity index (χ0n) is 21.0. The number of furan rings is 1. The molecule has 5 heterocycles. The van der Waals surface area contributed by atoms with E-state index in [1.54, 1.807) is 18.2 Å². The number of benzene rings is 1. The Labute approximate surface area is 217 Å². The molecule has 1 unspecified atom stereocenters. The molecule has 6 rings (SSSR count). The summed E-state index contributed by atoms with van der Waals surface area (Å²) in [5.41, 5.74) is -0.386. The highest BCUT2D eigenvalue weighted by Crippen LogP contribution is 2.36. The van der Waals surface area contributed by atoms with Gasteiger partial charge in [-0.25, -0.2) is 14.2 Å². The zero-order valence-corrected chi connectivity index (χ0v) is 21.0. The highest BCUT2D eigenvalue weighted by molar-refractivity contribution is 6.08. The lowest BCUT2D eigenvalue weighted by atomic mass is 9.95. The molecule has 3 aromatic rings. The minimum Gasteiger partial charge on any atom is -0.494 e. The van der Waals surface area contributed by atoms with Gasteiger partial charge in [0.2, 0.25) is 0 Å². The Balaban J connectivity index is 1.34. The van der Waals surface area contributed by atoms with E-state index in [1.807, 2.05) is 6.07 Å². The second kappa shape index (κ2) is 8.98. The van der Waals surface area contributed by atoms with Crippen molar-refractivity contribution < 1.29 is 27.9 Å². The second-order valence-electron chi connectivity index (χ2n) is 9.90. The number of hydrogen-bond acceptors (Lipinski definition) is 8. The lowest BCUT2D eigenvalue weighted by Gasteiger charge is -2.28. The first kappa shape index (κ1) is 24.2. The van der Waals surface area contributed by atoms with Crippen molar-refractivity contribution in [3.63, 3.8) is 0 Å². The quantitative estimate of drug-likeness (QED) is 0.487. The van der Waals surface area contributed by atoms with E-state index in [1.165, 1.54) is 18.1 Å². The molecule has 1 aromatic carbocycles. The minimum absolute atomic E-state index is 0.0456. The Kier molecular flexibility index (Phi) is 5.71. The number of nitrogens with one attached hydrogen (secondary N) is 2. The zero-order chi connectivity index (χ0) is 26.6. The van der Waals surface area contributed by atoms with Crippen molar-refractivity contribution in [1.82, 2.24) is 25.4 Å².